The van der Waals surface area contributed by atoms with Crippen LogP contribution in [-0.4, -0.2) is 94.9 Å². The Kier molecular flexibility index (Phi) is 15.9. The van der Waals surface area contributed by atoms with Crippen molar-refractivity contribution in [3.05, 3.63) is 220 Å². The lowest BCUT2D eigenvalue weighted by molar-refractivity contribution is -0.126. The van der Waals surface area contributed by atoms with Crippen molar-refractivity contribution in [3.8, 4) is 67.2 Å². The lowest BCUT2D eigenvalue weighted by Crippen LogP contribution is -2.43. The second-order valence-electron chi connectivity index (χ2n) is 27.2. The van der Waals surface area contributed by atoms with Gasteiger partial charge in [-0.25, -0.2) is 44.9 Å². The fourth-order valence-corrected chi connectivity index (χ4v) is 15.1. The topological polar surface area (TPSA) is 298 Å². The molecule has 498 valence electrons. The third-order valence-corrected chi connectivity index (χ3v) is 21.0. The summed E-state index contributed by atoms with van der Waals surface area (Å²) in [7, 11) is 0. The summed E-state index contributed by atoms with van der Waals surface area (Å²) in [5, 5.41) is 5.83. The molecule has 10 N–H and O–H groups in total. The molecule has 10 heterocycles. The van der Waals surface area contributed by atoms with Crippen LogP contribution in [0.2, 0.25) is 0 Å². The van der Waals surface area contributed by atoms with Gasteiger partial charge >= 0.3 is 0 Å². The summed E-state index contributed by atoms with van der Waals surface area (Å²) in [6.07, 6.45) is 17.5. The first-order valence-electron chi connectivity index (χ1n) is 34.4. The lowest BCUT2D eigenvalue weighted by Gasteiger charge is -2.42. The van der Waals surface area contributed by atoms with E-state index in [1.165, 1.54) is 51.6 Å². The van der Waals surface area contributed by atoms with Crippen molar-refractivity contribution in [2.75, 3.05) is 36.8 Å². The summed E-state index contributed by atoms with van der Waals surface area (Å²) in [6.45, 7) is 3.77. The number of fused-ring (bicyclic) bond motifs is 6. The number of carbonyl (C=O) groups excluding carboxylic acids is 2. The second-order valence-corrected chi connectivity index (χ2v) is 27.2. The summed E-state index contributed by atoms with van der Waals surface area (Å²) in [6, 6.07) is 62.8. The van der Waals surface area contributed by atoms with Crippen molar-refractivity contribution in [2.24, 2.45) is 29.2 Å². The highest BCUT2D eigenvalue weighted by molar-refractivity contribution is 6.05. The predicted molar refractivity (Wildman–Crippen MR) is 399 cm³/mol. The molecule has 20 nitrogen and oxygen atoms in total. The van der Waals surface area contributed by atoms with Crippen molar-refractivity contribution in [1.29, 1.82) is 0 Å². The molecule has 3 aliphatic carbocycles. The molecule has 20 heteroatoms. The number of nitrogens with zero attached hydrogens (tertiary/aromatic N) is 13. The average Bonchev–Trinajstić information content (AvgIpc) is 1.59. The van der Waals surface area contributed by atoms with Crippen LogP contribution in [0, 0.1) is 17.8 Å². The Balaban J connectivity index is 0.000000113. The van der Waals surface area contributed by atoms with Gasteiger partial charge in [0.2, 0.25) is 11.8 Å². The van der Waals surface area contributed by atoms with E-state index in [-0.39, 0.29) is 35.7 Å². The number of likely N-dealkylation sites (tertiary alicyclic amines) is 1. The Morgan fingerprint density at radius 2 is 0.693 bits per heavy atom. The van der Waals surface area contributed by atoms with Gasteiger partial charge in [0.05, 0.1) is 49.8 Å². The highest BCUT2D eigenvalue weighted by Gasteiger charge is 2.38. The zero-order valence-electron chi connectivity index (χ0n) is 55.3. The Bertz CT molecular complexity index is 5450. The molecule has 1 aliphatic heterocycles. The van der Waals surface area contributed by atoms with Crippen LogP contribution < -0.4 is 28.7 Å². The van der Waals surface area contributed by atoms with Crippen LogP contribution >= 0.6 is 0 Å². The molecule has 15 aromatic rings. The van der Waals surface area contributed by atoms with Crippen LogP contribution in [0.25, 0.3) is 133 Å². The first-order chi connectivity index (χ1) is 49.4. The number of nitrogens with two attached hydrogens (primary N) is 5. The molecule has 4 aliphatic rings. The lowest BCUT2D eigenvalue weighted by atomic mass is 9.79. The van der Waals surface area contributed by atoms with Gasteiger partial charge in [0, 0.05) is 105 Å². The summed E-state index contributed by atoms with van der Waals surface area (Å²) in [5.74, 6) is 1.52. The fourth-order valence-electron chi connectivity index (χ4n) is 15.1. The maximum absolute atomic E-state index is 11.5. The Hall–Kier alpha value is -12.3. The molecule has 0 radical (unpaired) electrons. The molecule has 6 aromatic carbocycles. The fraction of sp³-hybridized carbons (Fsp3) is 0.198. The van der Waals surface area contributed by atoms with E-state index in [1.807, 2.05) is 66.7 Å². The third-order valence-electron chi connectivity index (χ3n) is 21.0. The van der Waals surface area contributed by atoms with Crippen molar-refractivity contribution in [3.63, 3.8) is 0 Å². The van der Waals surface area contributed by atoms with Crippen LogP contribution in [0.15, 0.2) is 220 Å². The van der Waals surface area contributed by atoms with Gasteiger partial charge in [-0.3, -0.25) is 9.59 Å². The number of rotatable bonds is 13. The number of primary amides is 2. The predicted octanol–water partition coefficient (Wildman–Crippen LogP) is 14.2. The third kappa shape index (κ3) is 11.8. The van der Waals surface area contributed by atoms with Gasteiger partial charge in [0.15, 0.2) is 0 Å². The van der Waals surface area contributed by atoms with Gasteiger partial charge in [0.25, 0.3) is 0 Å². The first kappa shape index (κ1) is 62.2. The van der Waals surface area contributed by atoms with Gasteiger partial charge < -0.3 is 47.3 Å². The summed E-state index contributed by atoms with van der Waals surface area (Å²) >= 11 is 0. The van der Waals surface area contributed by atoms with E-state index < -0.39 is 0 Å². The standard InChI is InChI=1S/C29H28N6.2C26H22N6O/c30-28-27-24(17-35(29(27)32-18-31-28)23-13-19(14-23)16-34-11-4-12-34)22-8-7-21-9-10-25(33-26(21)15-22)20-5-2-1-3-6-20;2*27-24-23-20(13-32(26(23)30-14-29-24)19-10-18(11-19)25(28)33)17-7-6-16-8-9-21(31-22(16)12-17)15-4-2-1-3-5-15/h1-3,5-10,15,17-19,23H,4,11-14,16H2,(H2,30,31,32);2*1-9,12-14,18-19H,10-11H2,(H2,28,33)(H2,27,29,30). The number of benzene rings is 6. The molecule has 4 fully saturated rings. The number of nitrogen functional groups attached to an aromatic ring is 3. The maximum Gasteiger partial charge on any atom is 0.220 e. The largest absolute Gasteiger partial charge is 0.383 e. The molecule has 9 aromatic heterocycles. The van der Waals surface area contributed by atoms with Crippen LogP contribution in [-0.2, 0) is 9.59 Å². The SMILES string of the molecule is NC(=O)C1CC(n2cc(-c3ccc4ccc(-c5ccccc5)nc4c3)c3c(N)ncnc32)C1.NC(=O)C1CC(n2cc(-c3ccc4ccc(-c5ccccc5)nc4c3)c3c(N)ncnc32)C1.Nc1ncnc2c1c(-c1ccc3ccc(-c4ccccc4)nc3c1)cn2C1CC(CN2CCC2)C1. The van der Waals surface area contributed by atoms with E-state index in [2.05, 4.69) is 182 Å². The highest BCUT2D eigenvalue weighted by atomic mass is 16.1. The highest BCUT2D eigenvalue weighted by Crippen LogP contribution is 2.47. The minimum Gasteiger partial charge on any atom is -0.383 e. The van der Waals surface area contributed by atoms with Crippen LogP contribution in [0.3, 0.4) is 0 Å². The Morgan fingerprint density at radius 1 is 0.376 bits per heavy atom. The number of carbonyl (C=O) groups is 2. The molecular formula is C81H72N18O2. The molecule has 1 saturated heterocycles. The van der Waals surface area contributed by atoms with Gasteiger partial charge in [-0.05, 0) is 117 Å². The van der Waals surface area contributed by atoms with Crippen LogP contribution in [0.5, 0.6) is 0 Å². The molecule has 3 saturated carbocycles. The molecule has 0 spiro atoms. The number of pyridine rings is 3. The van der Waals surface area contributed by atoms with E-state index in [0.29, 0.717) is 49.2 Å². The maximum atomic E-state index is 11.5. The van der Waals surface area contributed by atoms with Crippen molar-refractivity contribution >= 4 is 95.1 Å². The van der Waals surface area contributed by atoms with E-state index >= 15 is 0 Å². The molecular weight excluding hydrogens is 1260 g/mol. The first-order valence-corrected chi connectivity index (χ1v) is 34.4. The van der Waals surface area contributed by atoms with Gasteiger partial charge in [-0.1, -0.05) is 146 Å². The molecule has 0 bridgehead atoms. The molecule has 0 unspecified atom stereocenters. The van der Waals surface area contributed by atoms with Gasteiger partial charge in [-0.15, -0.1) is 0 Å². The molecule has 101 heavy (non-hydrogen) atoms. The summed E-state index contributed by atoms with van der Waals surface area (Å²) in [5.41, 5.74) is 47.4. The number of aromatic nitrogens is 12. The zero-order chi connectivity index (χ0) is 68.4. The van der Waals surface area contributed by atoms with Crippen molar-refractivity contribution < 1.29 is 9.59 Å². The zero-order valence-corrected chi connectivity index (χ0v) is 55.3. The molecule has 2 amide bonds. The summed E-state index contributed by atoms with van der Waals surface area (Å²) in [4.78, 5) is 66.9. The monoisotopic (exact) mass is 1330 g/mol. The minimum absolute atomic E-state index is 0.0867. The smallest absolute Gasteiger partial charge is 0.220 e. The van der Waals surface area contributed by atoms with Gasteiger partial charge in [0.1, 0.15) is 53.4 Å². The van der Waals surface area contributed by atoms with Crippen LogP contribution in [0.1, 0.15) is 63.1 Å². The van der Waals surface area contributed by atoms with E-state index in [0.717, 1.165) is 139 Å². The normalized spacial score (nSPS) is 18.6. The second kappa shape index (κ2) is 25.9. The average molecular weight is 1330 g/mol. The summed E-state index contributed by atoms with van der Waals surface area (Å²) < 4.78 is 6.56. The van der Waals surface area contributed by atoms with Crippen molar-refractivity contribution in [1.82, 2.24) is 63.5 Å². The minimum atomic E-state index is -0.244. The van der Waals surface area contributed by atoms with E-state index in [1.54, 1.807) is 6.33 Å². The molecule has 19 rings (SSSR count). The quantitative estimate of drug-likeness (QED) is 0.0717. The number of hydrogen-bond donors (Lipinski definition) is 5. The van der Waals surface area contributed by atoms with Crippen molar-refractivity contribution in [2.45, 2.75) is 63.1 Å². The Labute approximate surface area is 581 Å². The molecule has 0 atom stereocenters. The van der Waals surface area contributed by atoms with E-state index in [4.69, 9.17) is 43.6 Å². The van der Waals surface area contributed by atoms with Crippen LogP contribution in [0.4, 0.5) is 17.5 Å². The number of anilines is 3. The Morgan fingerprint density at radius 3 is 1.00 bits per heavy atom. The van der Waals surface area contributed by atoms with E-state index in [9.17, 15) is 9.59 Å². The van der Waals surface area contributed by atoms with Gasteiger partial charge in [-0.2, -0.15) is 0 Å². The number of amides is 2. The number of hydrogen-bond acceptors (Lipinski definition) is 15.